The largest absolute Gasteiger partial charge is 0.353 e. The normalized spacial score (nSPS) is 29.0. The smallest absolute Gasteiger partial charge is 0.133 e. The van der Waals surface area contributed by atoms with Crippen molar-refractivity contribution in [3.63, 3.8) is 0 Å². The van der Waals surface area contributed by atoms with E-state index in [0.29, 0.717) is 23.3 Å². The van der Waals surface area contributed by atoms with E-state index in [0.717, 1.165) is 42.9 Å². The maximum absolute atomic E-state index is 5.06. The Hall–Kier alpha value is -1.88. The van der Waals surface area contributed by atoms with Crippen LogP contribution in [0.25, 0.3) is 0 Å². The fourth-order valence-electron chi connectivity index (χ4n) is 5.12. The van der Waals surface area contributed by atoms with Gasteiger partial charge >= 0.3 is 0 Å². The molecule has 5 heteroatoms. The van der Waals surface area contributed by atoms with E-state index in [9.17, 15) is 0 Å². The molecule has 4 fully saturated rings. The second kappa shape index (κ2) is 10.6. The molecule has 0 radical (unpaired) electrons. The molecule has 0 amide bonds. The molecule has 0 aromatic heterocycles. The number of hydrogen-bond acceptors (Lipinski definition) is 4. The van der Waals surface area contributed by atoms with Gasteiger partial charge in [-0.2, -0.15) is 0 Å². The Bertz CT molecular complexity index is 750. The van der Waals surface area contributed by atoms with Crippen molar-refractivity contribution in [2.75, 3.05) is 20.1 Å². The van der Waals surface area contributed by atoms with E-state index in [1.165, 1.54) is 25.7 Å². The molecule has 0 aromatic carbocycles. The molecule has 2 bridgehead atoms. The summed E-state index contributed by atoms with van der Waals surface area (Å²) in [6.45, 7) is 13.1. The predicted octanol–water partition coefficient (Wildman–Crippen LogP) is 5.10. The minimum absolute atomic E-state index is 0.434. The maximum atomic E-state index is 5.06. The summed E-state index contributed by atoms with van der Waals surface area (Å²) in [6, 6.07) is 0.630. The summed E-state index contributed by atoms with van der Waals surface area (Å²) in [6.07, 6.45) is 16.8. The van der Waals surface area contributed by atoms with E-state index < -0.39 is 0 Å². The van der Waals surface area contributed by atoms with Crippen LogP contribution >= 0.6 is 0 Å². The number of fused-ring (bicyclic) bond motifs is 1. The number of allylic oxidation sites excluding steroid dienone is 3. The highest BCUT2D eigenvalue weighted by Crippen LogP contribution is 2.52. The molecule has 2 atom stereocenters. The van der Waals surface area contributed by atoms with Crippen LogP contribution in [0.4, 0.5) is 0 Å². The Balaban J connectivity index is 1.70. The predicted molar refractivity (Wildman–Crippen MR) is 133 cm³/mol. The topological polar surface area (TPSA) is 52.0 Å². The van der Waals surface area contributed by atoms with Gasteiger partial charge in [-0.3, -0.25) is 0 Å². The fraction of sp³-hybridized carbons (Fsp3) is 0.692. The van der Waals surface area contributed by atoms with E-state index in [4.69, 9.17) is 9.98 Å². The zero-order valence-electron chi connectivity index (χ0n) is 20.5. The molecule has 2 N–H and O–H groups in total. The van der Waals surface area contributed by atoms with Gasteiger partial charge in [0.05, 0.1) is 0 Å². The summed E-state index contributed by atoms with van der Waals surface area (Å²) in [7, 11) is 2.06. The molecule has 4 rings (SSSR count). The number of amidine groups is 1. The lowest BCUT2D eigenvalue weighted by atomic mass is 9.70. The average molecular weight is 426 g/mol. The van der Waals surface area contributed by atoms with Gasteiger partial charge in [0.25, 0.3) is 0 Å². The van der Waals surface area contributed by atoms with Crippen molar-refractivity contribution in [2.45, 2.75) is 72.8 Å². The van der Waals surface area contributed by atoms with E-state index in [-0.39, 0.29) is 0 Å². The van der Waals surface area contributed by atoms with Crippen LogP contribution in [0.1, 0.15) is 66.7 Å². The quantitative estimate of drug-likeness (QED) is 0.358. The van der Waals surface area contributed by atoms with Crippen molar-refractivity contribution in [1.82, 2.24) is 15.5 Å². The number of aliphatic imine (C=N–C) groups is 2. The Morgan fingerprint density at radius 1 is 1.23 bits per heavy atom. The molecular formula is C26H43N5. The third-order valence-corrected chi connectivity index (χ3v) is 7.25. The highest BCUT2D eigenvalue weighted by Gasteiger charge is 2.55. The Morgan fingerprint density at radius 2 is 1.97 bits per heavy atom. The molecule has 2 saturated carbocycles. The molecule has 31 heavy (non-hydrogen) atoms. The van der Waals surface area contributed by atoms with Gasteiger partial charge in [-0.05, 0) is 89.0 Å². The lowest BCUT2D eigenvalue weighted by Gasteiger charge is -2.36. The van der Waals surface area contributed by atoms with Gasteiger partial charge < -0.3 is 15.5 Å². The van der Waals surface area contributed by atoms with Crippen LogP contribution in [-0.4, -0.2) is 43.1 Å². The molecule has 2 saturated heterocycles. The minimum atomic E-state index is 0.434. The van der Waals surface area contributed by atoms with Crippen LogP contribution in [0.15, 0.2) is 45.9 Å². The second-order valence-corrected chi connectivity index (χ2v) is 9.82. The van der Waals surface area contributed by atoms with Crippen LogP contribution in [0.5, 0.6) is 0 Å². The molecule has 0 spiro atoms. The molecule has 2 aliphatic heterocycles. The monoisotopic (exact) mass is 425 g/mol. The summed E-state index contributed by atoms with van der Waals surface area (Å²) in [5, 5.41) is 6.85. The summed E-state index contributed by atoms with van der Waals surface area (Å²) in [5.74, 6) is 4.89. The highest BCUT2D eigenvalue weighted by molar-refractivity contribution is 5.94. The SMILES string of the molecule is C\C=C/C(=N\C(=C\CC)N1CC2(CNC)CC1C2)NC(=C/C)/N=C\C(C)C(C)C1CC1. The maximum Gasteiger partial charge on any atom is 0.133 e. The van der Waals surface area contributed by atoms with E-state index >= 15 is 0 Å². The van der Waals surface area contributed by atoms with Gasteiger partial charge in [0, 0.05) is 30.8 Å². The van der Waals surface area contributed by atoms with Gasteiger partial charge in [-0.1, -0.05) is 26.8 Å². The number of rotatable bonds is 11. The first-order valence-corrected chi connectivity index (χ1v) is 12.3. The highest BCUT2D eigenvalue weighted by atomic mass is 15.3. The van der Waals surface area contributed by atoms with Crippen LogP contribution in [-0.2, 0) is 0 Å². The van der Waals surface area contributed by atoms with E-state index in [2.05, 4.69) is 55.6 Å². The summed E-state index contributed by atoms with van der Waals surface area (Å²) in [5.41, 5.74) is 0.434. The zero-order valence-corrected chi connectivity index (χ0v) is 20.5. The van der Waals surface area contributed by atoms with Crippen molar-refractivity contribution in [3.05, 3.63) is 35.9 Å². The summed E-state index contributed by atoms with van der Waals surface area (Å²) >= 11 is 0. The lowest BCUT2D eigenvalue weighted by molar-refractivity contribution is 0.183. The molecule has 2 aliphatic carbocycles. The fourth-order valence-corrected chi connectivity index (χ4v) is 5.12. The summed E-state index contributed by atoms with van der Waals surface area (Å²) in [4.78, 5) is 12.4. The van der Waals surface area contributed by atoms with Crippen molar-refractivity contribution >= 4 is 12.1 Å². The number of nitrogens with zero attached hydrogens (tertiary/aromatic N) is 3. The van der Waals surface area contributed by atoms with E-state index in [1.54, 1.807) is 0 Å². The molecule has 2 heterocycles. The molecule has 4 aliphatic rings. The molecule has 0 aromatic rings. The standard InChI is InChI=1S/C26H43N5/c1-7-10-24(29-23(9-3)28-16-19(4)20(5)21-12-13-21)30-25(11-8-2)31-18-26(17-27-6)14-22(31)15-26/h7,9-11,16,19-22,27H,8,12-15,17-18H2,1-6H3,(H,29,30)/b10-7-,23-9+,25-11-,28-16-. The van der Waals surface area contributed by atoms with Crippen molar-refractivity contribution in [3.8, 4) is 0 Å². The minimum Gasteiger partial charge on any atom is -0.353 e. The first kappa shape index (κ1) is 23.8. The van der Waals surface area contributed by atoms with Gasteiger partial charge in [0.15, 0.2) is 0 Å². The average Bonchev–Trinajstić information content (AvgIpc) is 3.44. The Morgan fingerprint density at radius 3 is 2.55 bits per heavy atom. The first-order chi connectivity index (χ1) is 14.9. The Kier molecular flexibility index (Phi) is 8.15. The third-order valence-electron chi connectivity index (χ3n) is 7.25. The van der Waals surface area contributed by atoms with Crippen LogP contribution < -0.4 is 10.6 Å². The first-order valence-electron chi connectivity index (χ1n) is 12.3. The van der Waals surface area contributed by atoms with E-state index in [1.807, 2.05) is 32.1 Å². The van der Waals surface area contributed by atoms with Crippen molar-refractivity contribution in [1.29, 1.82) is 0 Å². The molecule has 5 nitrogen and oxygen atoms in total. The zero-order chi connectivity index (χ0) is 22.4. The Labute approximate surface area is 189 Å². The van der Waals surface area contributed by atoms with Crippen LogP contribution in [0.3, 0.4) is 0 Å². The molecule has 2 unspecified atom stereocenters. The molecular weight excluding hydrogens is 382 g/mol. The number of hydrogen-bond donors (Lipinski definition) is 2. The van der Waals surface area contributed by atoms with Gasteiger partial charge in [0.1, 0.15) is 17.5 Å². The van der Waals surface area contributed by atoms with Crippen LogP contribution in [0.2, 0.25) is 0 Å². The molecule has 172 valence electrons. The second-order valence-electron chi connectivity index (χ2n) is 9.82. The van der Waals surface area contributed by atoms with Crippen LogP contribution in [0, 0.1) is 23.2 Å². The van der Waals surface area contributed by atoms with Crippen molar-refractivity contribution < 1.29 is 0 Å². The number of nitrogens with one attached hydrogen (secondary N) is 2. The van der Waals surface area contributed by atoms with Gasteiger partial charge in [-0.25, -0.2) is 9.98 Å². The van der Waals surface area contributed by atoms with Crippen molar-refractivity contribution in [2.24, 2.45) is 33.2 Å². The van der Waals surface area contributed by atoms with Gasteiger partial charge in [0.2, 0.25) is 0 Å². The summed E-state index contributed by atoms with van der Waals surface area (Å²) < 4.78 is 0. The van der Waals surface area contributed by atoms with Gasteiger partial charge in [-0.15, -0.1) is 0 Å². The third kappa shape index (κ3) is 5.88. The lowest BCUT2D eigenvalue weighted by Crippen LogP contribution is -2.41.